The first-order chi connectivity index (χ1) is 10.5. The van der Waals surface area contributed by atoms with Crippen molar-refractivity contribution >= 4 is 56.6 Å². The lowest BCUT2D eigenvalue weighted by Crippen LogP contribution is -2.26. The molecule has 0 saturated carbocycles. The van der Waals surface area contributed by atoms with Gasteiger partial charge in [0.2, 0.25) is 0 Å². The Labute approximate surface area is 158 Å². The van der Waals surface area contributed by atoms with E-state index in [2.05, 4.69) is 9.97 Å². The number of rotatable bonds is 2. The van der Waals surface area contributed by atoms with Crippen molar-refractivity contribution in [2.75, 3.05) is 11.9 Å². The summed E-state index contributed by atoms with van der Waals surface area (Å²) in [7, 11) is 1.49. The summed E-state index contributed by atoms with van der Waals surface area (Å²) in [6.45, 7) is 0. The number of benzene rings is 1. The lowest BCUT2D eigenvalue weighted by atomic mass is 10.2. The molecule has 0 aliphatic carbocycles. The van der Waals surface area contributed by atoms with Crippen molar-refractivity contribution < 1.29 is 20.1 Å². The molecule has 0 aliphatic rings. The monoisotopic (exact) mass is 459 g/mol. The zero-order valence-electron chi connectivity index (χ0n) is 12.4. The fraction of sp³-hybridized carbons (Fsp3) is 0.0667. The molecule has 3 rings (SSSR count). The maximum Gasteiger partial charge on any atom is 0.274 e. The van der Waals surface area contributed by atoms with Crippen LogP contribution in [0.3, 0.4) is 0 Å². The molecule has 0 fully saturated rings. The average molecular weight is 461 g/mol. The molecular formula is C15H15Br2N3O4. The number of carbonyl (C=O) groups excluding carboxylic acids is 1. The van der Waals surface area contributed by atoms with Crippen LogP contribution in [-0.2, 0) is 0 Å². The van der Waals surface area contributed by atoms with Crippen molar-refractivity contribution in [3.63, 3.8) is 0 Å². The van der Waals surface area contributed by atoms with Crippen molar-refractivity contribution in [3.8, 4) is 17.2 Å². The SMILES string of the molecule is Br.Br.CN(C(=O)c1cc2ncccc2[nH]1)c1cc(O)c(O)c(O)c1. The van der Waals surface area contributed by atoms with E-state index in [0.29, 0.717) is 11.2 Å². The molecule has 0 saturated heterocycles. The summed E-state index contributed by atoms with van der Waals surface area (Å²) in [5.74, 6) is -2.01. The summed E-state index contributed by atoms with van der Waals surface area (Å²) in [6, 6.07) is 7.56. The Hall–Kier alpha value is -2.26. The van der Waals surface area contributed by atoms with Crippen molar-refractivity contribution in [1.29, 1.82) is 0 Å². The Morgan fingerprint density at radius 3 is 2.33 bits per heavy atom. The number of hydrogen-bond acceptors (Lipinski definition) is 5. The van der Waals surface area contributed by atoms with Crippen LogP contribution < -0.4 is 4.90 Å². The predicted octanol–water partition coefficient (Wildman–Crippen LogP) is 3.11. The normalized spacial score (nSPS) is 9.88. The van der Waals surface area contributed by atoms with E-state index in [1.807, 2.05) is 0 Å². The van der Waals surface area contributed by atoms with Gasteiger partial charge in [0.05, 0.1) is 16.7 Å². The first-order valence-corrected chi connectivity index (χ1v) is 6.44. The largest absolute Gasteiger partial charge is 0.504 e. The second-order valence-corrected chi connectivity index (χ2v) is 4.82. The van der Waals surface area contributed by atoms with Crippen LogP contribution in [0.25, 0.3) is 11.0 Å². The number of anilines is 1. The number of aromatic amines is 1. The molecule has 128 valence electrons. The molecule has 0 spiro atoms. The lowest BCUT2D eigenvalue weighted by Gasteiger charge is -2.17. The highest BCUT2D eigenvalue weighted by atomic mass is 79.9. The van der Waals surface area contributed by atoms with Gasteiger partial charge in [0.25, 0.3) is 5.91 Å². The number of carbonyl (C=O) groups is 1. The molecule has 9 heteroatoms. The number of pyridine rings is 1. The number of aromatic hydroxyl groups is 3. The summed E-state index contributed by atoms with van der Waals surface area (Å²) < 4.78 is 0. The third kappa shape index (κ3) is 3.46. The quantitative estimate of drug-likeness (QED) is 0.439. The van der Waals surface area contributed by atoms with Crippen LogP contribution in [0.1, 0.15) is 10.5 Å². The third-order valence-electron chi connectivity index (χ3n) is 3.37. The van der Waals surface area contributed by atoms with Crippen LogP contribution in [0, 0.1) is 0 Å². The smallest absolute Gasteiger partial charge is 0.274 e. The molecule has 0 radical (unpaired) electrons. The standard InChI is InChI=1S/C15H13N3O4.2BrH/c1-18(8-5-12(19)14(21)13(20)6-8)15(22)11-7-10-9(17-11)3-2-4-16-10;;/h2-7,17,19-21H,1H3;2*1H. The molecule has 2 heterocycles. The van der Waals surface area contributed by atoms with Gasteiger partial charge in [-0.3, -0.25) is 9.78 Å². The van der Waals surface area contributed by atoms with Gasteiger partial charge in [-0.05, 0) is 18.2 Å². The maximum absolute atomic E-state index is 12.5. The third-order valence-corrected chi connectivity index (χ3v) is 3.37. The molecule has 24 heavy (non-hydrogen) atoms. The Morgan fingerprint density at radius 2 is 1.75 bits per heavy atom. The van der Waals surface area contributed by atoms with Crippen molar-refractivity contribution in [1.82, 2.24) is 9.97 Å². The molecule has 0 unspecified atom stereocenters. The minimum atomic E-state index is -0.626. The number of hydrogen-bond donors (Lipinski definition) is 4. The number of halogens is 2. The van der Waals surface area contributed by atoms with Crippen LogP contribution in [-0.4, -0.2) is 38.2 Å². The highest BCUT2D eigenvalue weighted by Gasteiger charge is 2.19. The van der Waals surface area contributed by atoms with Gasteiger partial charge >= 0.3 is 0 Å². The molecule has 0 bridgehead atoms. The number of nitrogens with one attached hydrogen (secondary N) is 1. The van der Waals surface area contributed by atoms with Crippen LogP contribution in [0.2, 0.25) is 0 Å². The minimum Gasteiger partial charge on any atom is -0.504 e. The first kappa shape index (κ1) is 19.8. The number of amides is 1. The molecular weight excluding hydrogens is 446 g/mol. The van der Waals surface area contributed by atoms with E-state index in [0.717, 1.165) is 5.52 Å². The summed E-state index contributed by atoms with van der Waals surface area (Å²) in [5, 5.41) is 28.4. The van der Waals surface area contributed by atoms with E-state index in [9.17, 15) is 20.1 Å². The van der Waals surface area contributed by atoms with Gasteiger partial charge in [-0.15, -0.1) is 34.0 Å². The second-order valence-electron chi connectivity index (χ2n) is 4.82. The van der Waals surface area contributed by atoms with Gasteiger partial charge in [0.1, 0.15) is 5.69 Å². The van der Waals surface area contributed by atoms with E-state index in [4.69, 9.17) is 0 Å². The molecule has 0 atom stereocenters. The first-order valence-electron chi connectivity index (χ1n) is 6.44. The van der Waals surface area contributed by atoms with Crippen molar-refractivity contribution in [2.45, 2.75) is 0 Å². The fourth-order valence-corrected chi connectivity index (χ4v) is 2.15. The summed E-state index contributed by atoms with van der Waals surface area (Å²) in [6.07, 6.45) is 1.63. The van der Waals surface area contributed by atoms with E-state index in [1.165, 1.54) is 24.1 Å². The molecule has 0 aliphatic heterocycles. The molecule has 4 N–H and O–H groups in total. The van der Waals surface area contributed by atoms with Crippen molar-refractivity contribution in [3.05, 3.63) is 42.2 Å². The lowest BCUT2D eigenvalue weighted by molar-refractivity contribution is 0.0989. The zero-order valence-corrected chi connectivity index (χ0v) is 15.9. The van der Waals surface area contributed by atoms with E-state index in [-0.39, 0.29) is 45.6 Å². The molecule has 7 nitrogen and oxygen atoms in total. The van der Waals surface area contributed by atoms with E-state index < -0.39 is 17.2 Å². The Kier molecular flexibility index (Phi) is 6.22. The molecule has 1 aromatic carbocycles. The van der Waals surface area contributed by atoms with Crippen LogP contribution in [0.15, 0.2) is 36.5 Å². The van der Waals surface area contributed by atoms with Crippen LogP contribution in [0.4, 0.5) is 5.69 Å². The van der Waals surface area contributed by atoms with E-state index >= 15 is 0 Å². The zero-order chi connectivity index (χ0) is 15.9. The Morgan fingerprint density at radius 1 is 1.12 bits per heavy atom. The van der Waals surface area contributed by atoms with Gasteiger partial charge in [-0.2, -0.15) is 0 Å². The van der Waals surface area contributed by atoms with Gasteiger partial charge in [0, 0.05) is 25.4 Å². The Balaban J connectivity index is 0.00000144. The van der Waals surface area contributed by atoms with Gasteiger partial charge < -0.3 is 25.2 Å². The summed E-state index contributed by atoms with van der Waals surface area (Å²) in [5.41, 5.74) is 1.96. The number of H-pyrrole nitrogens is 1. The van der Waals surface area contributed by atoms with Gasteiger partial charge in [-0.25, -0.2) is 0 Å². The van der Waals surface area contributed by atoms with Crippen LogP contribution >= 0.6 is 34.0 Å². The maximum atomic E-state index is 12.5. The van der Waals surface area contributed by atoms with Gasteiger partial charge in [0.15, 0.2) is 17.2 Å². The highest BCUT2D eigenvalue weighted by molar-refractivity contribution is 8.93. The molecule has 3 aromatic rings. The Bertz CT molecular complexity index is 826. The van der Waals surface area contributed by atoms with Crippen molar-refractivity contribution in [2.24, 2.45) is 0 Å². The predicted molar refractivity (Wildman–Crippen MR) is 101 cm³/mol. The summed E-state index contributed by atoms with van der Waals surface area (Å²) in [4.78, 5) is 20.8. The van der Waals surface area contributed by atoms with Crippen LogP contribution in [0.5, 0.6) is 17.2 Å². The second kappa shape index (κ2) is 7.54. The number of aromatic nitrogens is 2. The van der Waals surface area contributed by atoms with Gasteiger partial charge in [-0.1, -0.05) is 0 Å². The fourth-order valence-electron chi connectivity index (χ4n) is 2.15. The molecule has 1 amide bonds. The topological polar surface area (TPSA) is 110 Å². The number of fused-ring (bicyclic) bond motifs is 1. The molecule has 2 aromatic heterocycles. The number of phenols is 3. The highest BCUT2D eigenvalue weighted by Crippen LogP contribution is 2.38. The minimum absolute atomic E-state index is 0. The number of phenolic OH excluding ortho intramolecular Hbond substituents is 3. The average Bonchev–Trinajstić information content (AvgIpc) is 2.94. The summed E-state index contributed by atoms with van der Waals surface area (Å²) >= 11 is 0. The van der Waals surface area contributed by atoms with E-state index in [1.54, 1.807) is 24.4 Å². The number of nitrogens with zero attached hydrogens (tertiary/aromatic N) is 2.